The number of para-hydroxylation sites is 1. The molecule has 0 radical (unpaired) electrons. The molecule has 2 rings (SSSR count). The van der Waals surface area contributed by atoms with E-state index >= 15 is 0 Å². The lowest BCUT2D eigenvalue weighted by molar-refractivity contribution is -0.136. The van der Waals surface area contributed by atoms with Crippen molar-refractivity contribution < 1.29 is 14.6 Å². The molecule has 0 aliphatic heterocycles. The number of benzene rings is 1. The summed E-state index contributed by atoms with van der Waals surface area (Å²) in [6.45, 7) is 0.800. The van der Waals surface area contributed by atoms with Crippen molar-refractivity contribution in [1.29, 1.82) is 0 Å². The molecule has 0 aliphatic carbocycles. The summed E-state index contributed by atoms with van der Waals surface area (Å²) in [7, 11) is -1.63. The van der Waals surface area contributed by atoms with Crippen LogP contribution in [0.4, 0.5) is 0 Å². The van der Waals surface area contributed by atoms with Gasteiger partial charge >= 0.3 is 5.97 Å². The second kappa shape index (κ2) is 6.57. The second-order valence-corrected chi connectivity index (χ2v) is 16.4. The Morgan fingerprint density at radius 2 is 1.92 bits per heavy atom. The van der Waals surface area contributed by atoms with Crippen LogP contribution in [0.25, 0.3) is 10.9 Å². The number of fused-ring (bicyclic) bond motifs is 1. The van der Waals surface area contributed by atoms with Crippen molar-refractivity contribution in [3.05, 3.63) is 40.2 Å². The molecule has 7 heteroatoms. The number of carbonyl (C=O) groups is 1. The Labute approximate surface area is 141 Å². The van der Waals surface area contributed by atoms with Crippen molar-refractivity contribution in [2.24, 2.45) is 0 Å². The quantitative estimate of drug-likeness (QED) is 0.583. The van der Waals surface area contributed by atoms with Gasteiger partial charge in [0.2, 0.25) is 5.43 Å². The van der Waals surface area contributed by atoms with Crippen LogP contribution in [0.1, 0.15) is 5.69 Å². The summed E-state index contributed by atoms with van der Waals surface area (Å²) in [5.41, 5.74) is 0.343. The van der Waals surface area contributed by atoms with E-state index in [-0.39, 0.29) is 17.9 Å². The number of ether oxygens (including phenoxy) is 1. The standard InChI is InChI=1S/C17H26N2O4S/c1-24(2,3,4)10-9-23-12-19-15-8-6-5-7-13(15)17(22)14(18-19)11-16(20)21/h5-8,24H,9-12H2,1-4H3,(H,20,21). The molecule has 0 saturated carbocycles. The Morgan fingerprint density at radius 1 is 1.25 bits per heavy atom. The average Bonchev–Trinajstić information content (AvgIpc) is 2.45. The Morgan fingerprint density at radius 3 is 2.54 bits per heavy atom. The third-order valence-corrected chi connectivity index (χ3v) is 5.56. The topological polar surface area (TPSA) is 81.4 Å². The van der Waals surface area contributed by atoms with Gasteiger partial charge in [0.15, 0.2) is 0 Å². The maximum absolute atomic E-state index is 12.3. The van der Waals surface area contributed by atoms with Crippen LogP contribution in [0.3, 0.4) is 0 Å². The molecular weight excluding hydrogens is 328 g/mol. The zero-order chi connectivity index (χ0) is 18.0. The van der Waals surface area contributed by atoms with Gasteiger partial charge in [0.25, 0.3) is 0 Å². The van der Waals surface area contributed by atoms with E-state index in [0.29, 0.717) is 17.5 Å². The molecule has 2 aromatic rings. The summed E-state index contributed by atoms with van der Waals surface area (Å²) in [5, 5.41) is 13.6. The number of hydrogen-bond donors (Lipinski definition) is 2. The fourth-order valence-electron chi connectivity index (χ4n) is 2.23. The molecule has 1 N–H and O–H groups in total. The van der Waals surface area contributed by atoms with E-state index in [4.69, 9.17) is 9.84 Å². The number of rotatable bonds is 7. The fraction of sp³-hybridized carbons (Fsp3) is 0.471. The monoisotopic (exact) mass is 354 g/mol. The third-order valence-electron chi connectivity index (χ3n) is 3.59. The Bertz CT molecular complexity index is 811. The number of carboxylic acid groups (broad SMARTS) is 1. The van der Waals surface area contributed by atoms with E-state index < -0.39 is 21.6 Å². The van der Waals surface area contributed by atoms with Crippen LogP contribution in [-0.2, 0) is 22.7 Å². The first-order valence-electron chi connectivity index (χ1n) is 7.81. The number of aliphatic carboxylic acids is 1. The second-order valence-electron chi connectivity index (χ2n) is 8.07. The molecule has 6 nitrogen and oxygen atoms in total. The molecule has 0 aliphatic rings. The highest BCUT2D eigenvalue weighted by Gasteiger charge is 2.18. The van der Waals surface area contributed by atoms with Crippen molar-refractivity contribution in [2.75, 3.05) is 37.4 Å². The van der Waals surface area contributed by atoms with Crippen molar-refractivity contribution in [3.63, 3.8) is 0 Å². The summed E-state index contributed by atoms with van der Waals surface area (Å²) in [5.74, 6) is -0.0835. The van der Waals surface area contributed by atoms with Gasteiger partial charge in [-0.15, -0.1) is 0 Å². The lowest BCUT2D eigenvalue weighted by Crippen LogP contribution is -2.24. The molecule has 1 aromatic carbocycles. The largest absolute Gasteiger partial charge is 0.481 e. The summed E-state index contributed by atoms with van der Waals surface area (Å²) < 4.78 is 7.32. The van der Waals surface area contributed by atoms with E-state index in [9.17, 15) is 9.59 Å². The third kappa shape index (κ3) is 5.07. The van der Waals surface area contributed by atoms with Gasteiger partial charge in [0.05, 0.1) is 18.5 Å². The van der Waals surface area contributed by atoms with Gasteiger partial charge in [-0.25, -0.2) is 4.68 Å². The maximum Gasteiger partial charge on any atom is 0.309 e. The molecule has 0 atom stereocenters. The normalized spacial score (nSPS) is 13.6. The minimum Gasteiger partial charge on any atom is -0.481 e. The van der Waals surface area contributed by atoms with Gasteiger partial charge in [-0.1, -0.05) is 12.1 Å². The molecule has 0 amide bonds. The number of nitrogens with zero attached hydrogens (tertiary/aromatic N) is 2. The van der Waals surface area contributed by atoms with E-state index in [1.54, 1.807) is 22.9 Å². The van der Waals surface area contributed by atoms with E-state index in [2.05, 4.69) is 30.1 Å². The van der Waals surface area contributed by atoms with Gasteiger partial charge in [-0.05, 0) is 42.9 Å². The van der Waals surface area contributed by atoms with Crippen LogP contribution < -0.4 is 5.43 Å². The smallest absolute Gasteiger partial charge is 0.309 e. The van der Waals surface area contributed by atoms with Crippen LogP contribution in [0, 0.1) is 0 Å². The zero-order valence-electron chi connectivity index (χ0n) is 14.7. The van der Waals surface area contributed by atoms with Crippen LogP contribution in [0.2, 0.25) is 0 Å². The minimum absolute atomic E-state index is 0.0291. The lowest BCUT2D eigenvalue weighted by Gasteiger charge is -2.46. The van der Waals surface area contributed by atoms with Crippen molar-refractivity contribution in [1.82, 2.24) is 9.78 Å². The van der Waals surface area contributed by atoms with Crippen molar-refractivity contribution in [2.45, 2.75) is 13.2 Å². The summed E-state index contributed by atoms with van der Waals surface area (Å²) in [6.07, 6.45) is 8.74. The number of thiol groups is 1. The highest BCUT2D eigenvalue weighted by molar-refractivity contribution is 8.47. The van der Waals surface area contributed by atoms with Crippen molar-refractivity contribution in [3.8, 4) is 0 Å². The highest BCUT2D eigenvalue weighted by Crippen LogP contribution is 2.54. The van der Waals surface area contributed by atoms with E-state index in [1.807, 2.05) is 6.07 Å². The molecule has 24 heavy (non-hydrogen) atoms. The molecule has 0 bridgehead atoms. The number of hydrogen-bond acceptors (Lipinski definition) is 4. The molecule has 0 spiro atoms. The Balaban J connectivity index is 2.27. The van der Waals surface area contributed by atoms with Gasteiger partial charge in [-0.2, -0.15) is 5.10 Å². The van der Waals surface area contributed by atoms with E-state index in [0.717, 1.165) is 5.75 Å². The van der Waals surface area contributed by atoms with Gasteiger partial charge in [0.1, 0.15) is 12.4 Å². The molecule has 1 aromatic heterocycles. The summed E-state index contributed by atoms with van der Waals surface area (Å²) in [4.78, 5) is 23.3. The molecule has 0 unspecified atom stereocenters. The first-order valence-corrected chi connectivity index (χ1v) is 12.0. The molecule has 1 heterocycles. The lowest BCUT2D eigenvalue weighted by atomic mass is 10.2. The Hall–Kier alpha value is -1.86. The highest BCUT2D eigenvalue weighted by atomic mass is 32.3. The molecule has 0 saturated heterocycles. The van der Waals surface area contributed by atoms with E-state index in [1.165, 1.54) is 0 Å². The first kappa shape index (κ1) is 18.5. The number of aromatic nitrogens is 2. The first-order chi connectivity index (χ1) is 11.0. The van der Waals surface area contributed by atoms with Crippen LogP contribution >= 0.6 is 9.16 Å². The molecule has 0 fully saturated rings. The fourth-order valence-corrected chi connectivity index (χ4v) is 3.09. The van der Waals surface area contributed by atoms with Gasteiger partial charge in [-0.3, -0.25) is 18.8 Å². The zero-order valence-corrected chi connectivity index (χ0v) is 15.5. The summed E-state index contributed by atoms with van der Waals surface area (Å²) in [6, 6.07) is 7.05. The van der Waals surface area contributed by atoms with Gasteiger partial charge < -0.3 is 9.84 Å². The molecular formula is C17H26N2O4S. The minimum atomic E-state index is -1.63. The average molecular weight is 354 g/mol. The maximum atomic E-state index is 12.3. The Kier molecular flexibility index (Phi) is 5.05. The van der Waals surface area contributed by atoms with Crippen LogP contribution in [0.15, 0.2) is 29.1 Å². The molecule has 134 valence electrons. The van der Waals surface area contributed by atoms with Gasteiger partial charge in [0, 0.05) is 5.39 Å². The SMILES string of the molecule is C[SH](C)(C)(C)CCOCn1nc(CC(=O)O)c(=O)c2ccccc21. The van der Waals surface area contributed by atoms with Crippen LogP contribution in [-0.4, -0.2) is 58.2 Å². The predicted octanol–water partition coefficient (Wildman–Crippen LogP) is 1.59. The predicted molar refractivity (Wildman–Crippen MR) is 101 cm³/mol. The van der Waals surface area contributed by atoms with Crippen LogP contribution in [0.5, 0.6) is 0 Å². The van der Waals surface area contributed by atoms with Crippen molar-refractivity contribution >= 4 is 26.0 Å². The summed E-state index contributed by atoms with van der Waals surface area (Å²) >= 11 is 0. The number of carboxylic acids is 1.